The second-order valence-electron chi connectivity index (χ2n) is 6.88. The molecule has 4 rings (SSSR count). The van der Waals surface area contributed by atoms with Crippen molar-refractivity contribution in [3.05, 3.63) is 76.0 Å². The highest BCUT2D eigenvalue weighted by atomic mass is 79.9. The van der Waals surface area contributed by atoms with Gasteiger partial charge in [-0.2, -0.15) is 14.2 Å². The molecule has 1 aromatic carbocycles. The van der Waals surface area contributed by atoms with Crippen molar-refractivity contribution in [1.29, 1.82) is 0 Å². The third kappa shape index (κ3) is 5.50. The summed E-state index contributed by atoms with van der Waals surface area (Å²) < 4.78 is 14.6. The second kappa shape index (κ2) is 9.62. The van der Waals surface area contributed by atoms with E-state index < -0.39 is 12.0 Å². The summed E-state index contributed by atoms with van der Waals surface area (Å²) in [5.41, 5.74) is 9.00. The van der Waals surface area contributed by atoms with Crippen molar-refractivity contribution >= 4 is 33.6 Å². The standard InChI is InChI=1S/C11H12BrNO.C10H9FN4O/c1-13-10-7-9(12)6-5-8(10)3-2-4-11(13)14;11-9-2-1-7(4-13-9)3-8-5-14-15(6-8)10(12)16/h5-7H,2-4H2,1H3;1-2,4-6H,3H2,(H2,12,16). The number of pyridine rings is 1. The first kappa shape index (κ1) is 21.6. The van der Waals surface area contributed by atoms with Crippen molar-refractivity contribution in [3.8, 4) is 0 Å². The van der Waals surface area contributed by atoms with Gasteiger partial charge in [-0.25, -0.2) is 9.78 Å². The van der Waals surface area contributed by atoms with Crippen LogP contribution in [0.4, 0.5) is 14.9 Å². The van der Waals surface area contributed by atoms with E-state index in [2.05, 4.69) is 32.1 Å². The molecule has 2 aromatic heterocycles. The van der Waals surface area contributed by atoms with Crippen LogP contribution in [-0.4, -0.2) is 33.8 Å². The molecular weight excluding hydrogens is 453 g/mol. The van der Waals surface area contributed by atoms with Gasteiger partial charge in [-0.3, -0.25) is 4.79 Å². The average molecular weight is 474 g/mol. The fourth-order valence-electron chi connectivity index (χ4n) is 3.11. The zero-order valence-corrected chi connectivity index (χ0v) is 18.0. The van der Waals surface area contributed by atoms with E-state index in [0.717, 1.165) is 38.8 Å². The number of amides is 2. The Bertz CT molecular complexity index is 1050. The maximum atomic E-state index is 12.5. The monoisotopic (exact) mass is 473 g/mol. The minimum absolute atomic E-state index is 0.210. The van der Waals surface area contributed by atoms with Crippen LogP contribution >= 0.6 is 15.9 Å². The SMILES string of the molecule is CN1C(=O)CCCc2ccc(Br)cc21.NC(=O)n1cc(Cc2ccc(F)nc2)cn1. The number of nitrogens with two attached hydrogens (primary N) is 1. The quantitative estimate of drug-likeness (QED) is 0.574. The van der Waals surface area contributed by atoms with Crippen LogP contribution in [0.15, 0.2) is 53.4 Å². The molecule has 0 spiro atoms. The summed E-state index contributed by atoms with van der Waals surface area (Å²) in [6, 6.07) is 8.41. The van der Waals surface area contributed by atoms with Crippen molar-refractivity contribution < 1.29 is 14.0 Å². The Morgan fingerprint density at radius 1 is 1.20 bits per heavy atom. The molecule has 0 radical (unpaired) electrons. The van der Waals surface area contributed by atoms with Gasteiger partial charge in [-0.05, 0) is 47.7 Å². The molecule has 0 atom stereocenters. The molecule has 1 aliphatic heterocycles. The van der Waals surface area contributed by atoms with Crippen LogP contribution in [0.5, 0.6) is 0 Å². The number of nitrogens with zero attached hydrogens (tertiary/aromatic N) is 4. The third-order valence-corrected chi connectivity index (χ3v) is 5.17. The number of hydrogen-bond donors (Lipinski definition) is 1. The van der Waals surface area contributed by atoms with Crippen LogP contribution in [0.1, 0.15) is 29.5 Å². The van der Waals surface area contributed by atoms with Crippen molar-refractivity contribution in [2.24, 2.45) is 5.73 Å². The van der Waals surface area contributed by atoms with Crippen molar-refractivity contribution in [3.63, 3.8) is 0 Å². The van der Waals surface area contributed by atoms with Crippen LogP contribution in [0.2, 0.25) is 0 Å². The van der Waals surface area contributed by atoms with Gasteiger partial charge in [0.05, 0.1) is 6.20 Å². The Kier molecular flexibility index (Phi) is 6.94. The van der Waals surface area contributed by atoms with E-state index in [-0.39, 0.29) is 5.91 Å². The number of rotatable bonds is 2. The van der Waals surface area contributed by atoms with Crippen molar-refractivity contribution in [2.45, 2.75) is 25.7 Å². The van der Waals surface area contributed by atoms with Crippen molar-refractivity contribution in [2.75, 3.05) is 11.9 Å². The molecule has 0 saturated carbocycles. The van der Waals surface area contributed by atoms with Gasteiger partial charge < -0.3 is 10.6 Å². The minimum atomic E-state index is -0.636. The number of anilines is 1. The van der Waals surface area contributed by atoms with E-state index in [4.69, 9.17) is 5.73 Å². The summed E-state index contributed by atoms with van der Waals surface area (Å²) in [7, 11) is 1.85. The van der Waals surface area contributed by atoms with Gasteiger partial charge in [-0.1, -0.05) is 28.1 Å². The molecule has 1 aliphatic rings. The summed E-state index contributed by atoms with van der Waals surface area (Å²) in [5, 5.41) is 3.78. The predicted molar refractivity (Wildman–Crippen MR) is 115 cm³/mol. The molecule has 2 N–H and O–H groups in total. The van der Waals surface area contributed by atoms with E-state index in [1.54, 1.807) is 11.0 Å². The van der Waals surface area contributed by atoms with Crippen molar-refractivity contribution in [1.82, 2.24) is 14.8 Å². The van der Waals surface area contributed by atoms with Gasteiger partial charge in [0.15, 0.2) is 0 Å². The number of benzene rings is 1. The van der Waals surface area contributed by atoms with E-state index in [0.29, 0.717) is 12.8 Å². The van der Waals surface area contributed by atoms with E-state index in [1.807, 2.05) is 19.2 Å². The summed E-state index contributed by atoms with van der Waals surface area (Å²) in [6.07, 6.45) is 7.65. The van der Waals surface area contributed by atoms with Gasteiger partial charge in [0.1, 0.15) is 0 Å². The highest BCUT2D eigenvalue weighted by Gasteiger charge is 2.18. The summed E-state index contributed by atoms with van der Waals surface area (Å²) in [4.78, 5) is 27.7. The summed E-state index contributed by atoms with van der Waals surface area (Å²) in [5.74, 6) is -0.307. The van der Waals surface area contributed by atoms with Gasteiger partial charge in [0, 0.05) is 42.4 Å². The largest absolute Gasteiger partial charge is 0.350 e. The zero-order valence-electron chi connectivity index (χ0n) is 16.4. The molecule has 156 valence electrons. The first-order valence-electron chi connectivity index (χ1n) is 9.32. The molecule has 7 nitrogen and oxygen atoms in total. The molecule has 30 heavy (non-hydrogen) atoms. The Labute approximate surface area is 181 Å². The second-order valence-corrected chi connectivity index (χ2v) is 7.79. The Morgan fingerprint density at radius 2 is 2.00 bits per heavy atom. The lowest BCUT2D eigenvalue weighted by molar-refractivity contribution is -0.118. The van der Waals surface area contributed by atoms with Crippen LogP contribution in [0, 0.1) is 5.95 Å². The fraction of sp³-hybridized carbons (Fsp3) is 0.238. The molecule has 0 bridgehead atoms. The number of hydrogen-bond acceptors (Lipinski definition) is 4. The molecule has 9 heteroatoms. The lowest BCUT2D eigenvalue weighted by atomic mass is 10.1. The van der Waals surface area contributed by atoms with Crippen LogP contribution in [-0.2, 0) is 17.6 Å². The van der Waals surface area contributed by atoms with Crippen LogP contribution < -0.4 is 10.6 Å². The van der Waals surface area contributed by atoms with Crippen LogP contribution in [0.3, 0.4) is 0 Å². The Hall–Kier alpha value is -3.07. The highest BCUT2D eigenvalue weighted by molar-refractivity contribution is 9.10. The molecule has 0 fully saturated rings. The minimum Gasteiger partial charge on any atom is -0.350 e. The number of aryl methyl sites for hydroxylation is 1. The molecular formula is C21H21BrFN5O2. The van der Waals surface area contributed by atoms with Gasteiger partial charge in [0.2, 0.25) is 11.9 Å². The molecule has 3 aromatic rings. The van der Waals surface area contributed by atoms with E-state index in [1.165, 1.54) is 30.2 Å². The molecule has 3 heterocycles. The number of carbonyl (C=O) groups excluding carboxylic acids is 2. The molecule has 2 amide bonds. The third-order valence-electron chi connectivity index (χ3n) is 4.68. The lowest BCUT2D eigenvalue weighted by Crippen LogP contribution is -2.24. The topological polar surface area (TPSA) is 94.1 Å². The molecule has 0 saturated heterocycles. The van der Waals surface area contributed by atoms with Gasteiger partial charge >= 0.3 is 6.03 Å². The number of fused-ring (bicyclic) bond motifs is 1. The first-order valence-corrected chi connectivity index (χ1v) is 10.1. The van der Waals surface area contributed by atoms with E-state index >= 15 is 0 Å². The smallest absolute Gasteiger partial charge is 0.339 e. The Balaban J connectivity index is 0.000000172. The molecule has 0 aliphatic carbocycles. The van der Waals surface area contributed by atoms with Gasteiger partial charge in [0.25, 0.3) is 0 Å². The zero-order chi connectivity index (χ0) is 21.7. The predicted octanol–water partition coefficient (Wildman–Crippen LogP) is 3.68. The lowest BCUT2D eigenvalue weighted by Gasteiger charge is -2.17. The normalized spacial score (nSPS) is 13.2. The number of halogens is 2. The summed E-state index contributed by atoms with van der Waals surface area (Å²) in [6.45, 7) is 0. The summed E-state index contributed by atoms with van der Waals surface area (Å²) >= 11 is 3.43. The maximum absolute atomic E-state index is 12.5. The fourth-order valence-corrected chi connectivity index (χ4v) is 3.46. The number of carbonyl (C=O) groups is 2. The molecule has 0 unspecified atom stereocenters. The number of aromatic nitrogens is 3. The first-order chi connectivity index (χ1) is 14.3. The highest BCUT2D eigenvalue weighted by Crippen LogP contribution is 2.28. The Morgan fingerprint density at radius 3 is 2.67 bits per heavy atom. The number of primary amides is 1. The average Bonchev–Trinajstić information content (AvgIpc) is 3.14. The van der Waals surface area contributed by atoms with E-state index in [9.17, 15) is 14.0 Å². The maximum Gasteiger partial charge on any atom is 0.339 e. The van der Waals surface area contributed by atoms with Crippen LogP contribution in [0.25, 0.3) is 0 Å². The van der Waals surface area contributed by atoms with Gasteiger partial charge in [-0.15, -0.1) is 0 Å².